The molecule has 0 bridgehead atoms. The smallest absolute Gasteiger partial charge is 0.122 e. The van der Waals surface area contributed by atoms with E-state index in [2.05, 4.69) is 47.2 Å². The van der Waals surface area contributed by atoms with E-state index in [-0.39, 0.29) is 0 Å². The van der Waals surface area contributed by atoms with E-state index < -0.39 is 0 Å². The van der Waals surface area contributed by atoms with Gasteiger partial charge >= 0.3 is 0 Å². The molecule has 0 radical (unpaired) electrons. The van der Waals surface area contributed by atoms with Gasteiger partial charge in [0.05, 0.1) is 7.11 Å². The van der Waals surface area contributed by atoms with E-state index in [0.717, 1.165) is 35.7 Å². The van der Waals surface area contributed by atoms with Crippen LogP contribution in [0, 0.1) is 11.3 Å². The molecule has 2 rings (SSSR count). The van der Waals surface area contributed by atoms with Gasteiger partial charge in [0.1, 0.15) is 5.75 Å². The van der Waals surface area contributed by atoms with Crippen LogP contribution in [0.3, 0.4) is 0 Å². The first-order valence-electron chi connectivity index (χ1n) is 7.62. The lowest BCUT2D eigenvalue weighted by Gasteiger charge is -2.31. The van der Waals surface area contributed by atoms with E-state index >= 15 is 0 Å². The number of benzene rings is 1. The van der Waals surface area contributed by atoms with Crippen molar-refractivity contribution in [2.75, 3.05) is 20.2 Å². The van der Waals surface area contributed by atoms with Gasteiger partial charge in [0.2, 0.25) is 0 Å². The van der Waals surface area contributed by atoms with Crippen LogP contribution in [0.5, 0.6) is 5.75 Å². The molecule has 0 aliphatic heterocycles. The van der Waals surface area contributed by atoms with Gasteiger partial charge in [-0.3, -0.25) is 0 Å². The first-order valence-corrected chi connectivity index (χ1v) is 8.41. The Balaban J connectivity index is 2.13. The van der Waals surface area contributed by atoms with Crippen molar-refractivity contribution in [1.82, 2.24) is 5.32 Å². The molecule has 1 aliphatic rings. The quantitative estimate of drug-likeness (QED) is 0.708. The predicted molar refractivity (Wildman–Crippen MR) is 88.4 cm³/mol. The molecule has 0 amide bonds. The molecule has 3 heteroatoms. The number of rotatable bonds is 8. The van der Waals surface area contributed by atoms with Crippen LogP contribution < -0.4 is 10.1 Å². The maximum absolute atomic E-state index is 5.53. The fraction of sp³-hybridized carbons (Fsp3) is 0.647. The Morgan fingerprint density at radius 2 is 2.15 bits per heavy atom. The average molecular weight is 340 g/mol. The molecule has 1 N–H and O–H groups in total. The summed E-state index contributed by atoms with van der Waals surface area (Å²) in [5.74, 6) is 1.87. The van der Waals surface area contributed by atoms with Crippen molar-refractivity contribution in [3.05, 3.63) is 28.2 Å². The first kappa shape index (κ1) is 15.8. The summed E-state index contributed by atoms with van der Waals surface area (Å²) in [5, 5.41) is 3.62. The van der Waals surface area contributed by atoms with Crippen LogP contribution in [0.15, 0.2) is 22.7 Å². The van der Waals surface area contributed by atoms with Crippen molar-refractivity contribution in [3.8, 4) is 5.75 Å². The third-order valence-corrected chi connectivity index (χ3v) is 4.85. The molecule has 0 aromatic heterocycles. The van der Waals surface area contributed by atoms with Gasteiger partial charge in [0, 0.05) is 11.0 Å². The third-order valence-electron chi connectivity index (χ3n) is 4.36. The van der Waals surface area contributed by atoms with Gasteiger partial charge in [0.25, 0.3) is 0 Å². The number of hydrogen-bond acceptors (Lipinski definition) is 2. The largest absolute Gasteiger partial charge is 0.496 e. The standard InChI is InChI=1S/C17H26BrNO/c1-4-9-19-12-17(2,14-5-6-14)11-13-10-15(18)7-8-16(13)20-3/h7-8,10,14,19H,4-6,9,11-12H2,1-3H3. The second-order valence-corrected chi connectivity index (χ2v) is 7.15. The van der Waals surface area contributed by atoms with Crippen molar-refractivity contribution >= 4 is 15.9 Å². The molecule has 112 valence electrons. The fourth-order valence-electron chi connectivity index (χ4n) is 3.00. The number of nitrogens with one attached hydrogen (secondary N) is 1. The highest BCUT2D eigenvalue weighted by atomic mass is 79.9. The van der Waals surface area contributed by atoms with Gasteiger partial charge < -0.3 is 10.1 Å². The molecule has 1 aromatic rings. The number of hydrogen-bond donors (Lipinski definition) is 1. The summed E-state index contributed by atoms with van der Waals surface area (Å²) in [4.78, 5) is 0. The predicted octanol–water partition coefficient (Wildman–Crippen LogP) is 4.42. The second-order valence-electron chi connectivity index (χ2n) is 6.24. The molecule has 1 fully saturated rings. The van der Waals surface area contributed by atoms with E-state index in [1.54, 1.807) is 7.11 Å². The minimum Gasteiger partial charge on any atom is -0.496 e. The van der Waals surface area contributed by atoms with Crippen LogP contribution >= 0.6 is 15.9 Å². The summed E-state index contributed by atoms with van der Waals surface area (Å²) < 4.78 is 6.66. The van der Waals surface area contributed by atoms with E-state index in [1.165, 1.54) is 24.8 Å². The van der Waals surface area contributed by atoms with E-state index in [1.807, 2.05) is 6.07 Å². The van der Waals surface area contributed by atoms with E-state index in [9.17, 15) is 0 Å². The normalized spacial score (nSPS) is 17.8. The van der Waals surface area contributed by atoms with E-state index in [4.69, 9.17) is 4.74 Å². The van der Waals surface area contributed by atoms with Crippen LogP contribution in [0.2, 0.25) is 0 Å². The Kier molecular flexibility index (Phi) is 5.50. The number of ether oxygens (including phenoxy) is 1. The maximum atomic E-state index is 5.53. The van der Waals surface area contributed by atoms with E-state index in [0.29, 0.717) is 5.41 Å². The molecule has 20 heavy (non-hydrogen) atoms. The summed E-state index contributed by atoms with van der Waals surface area (Å²) in [6, 6.07) is 6.32. The SMILES string of the molecule is CCCNCC(C)(Cc1cc(Br)ccc1OC)C1CC1. The summed E-state index contributed by atoms with van der Waals surface area (Å²) >= 11 is 3.58. The average Bonchev–Trinajstić information content (AvgIpc) is 3.24. The molecule has 1 saturated carbocycles. The summed E-state index contributed by atoms with van der Waals surface area (Å²) in [6.07, 6.45) is 5.03. The molecule has 0 heterocycles. The molecule has 0 saturated heterocycles. The lowest BCUT2D eigenvalue weighted by atomic mass is 9.78. The maximum Gasteiger partial charge on any atom is 0.122 e. The Morgan fingerprint density at radius 3 is 2.75 bits per heavy atom. The first-order chi connectivity index (χ1) is 9.59. The highest BCUT2D eigenvalue weighted by Gasteiger charge is 2.41. The van der Waals surface area contributed by atoms with Gasteiger partial charge in [-0.15, -0.1) is 0 Å². The van der Waals surface area contributed by atoms with Crippen molar-refractivity contribution in [3.63, 3.8) is 0 Å². The van der Waals surface area contributed by atoms with Crippen molar-refractivity contribution in [2.24, 2.45) is 11.3 Å². The number of methoxy groups -OCH3 is 1. The third kappa shape index (κ3) is 3.98. The van der Waals surface area contributed by atoms with Gasteiger partial charge in [-0.1, -0.05) is 29.8 Å². The lowest BCUT2D eigenvalue weighted by Crippen LogP contribution is -2.36. The minimum atomic E-state index is 0.337. The monoisotopic (exact) mass is 339 g/mol. The Labute approximate surface area is 131 Å². The van der Waals surface area contributed by atoms with Crippen LogP contribution in [0.1, 0.15) is 38.7 Å². The van der Waals surface area contributed by atoms with Crippen LogP contribution in [-0.4, -0.2) is 20.2 Å². The van der Waals surface area contributed by atoms with Gasteiger partial charge in [-0.2, -0.15) is 0 Å². The van der Waals surface area contributed by atoms with Crippen molar-refractivity contribution < 1.29 is 4.74 Å². The van der Waals surface area contributed by atoms with Crippen LogP contribution in [-0.2, 0) is 6.42 Å². The van der Waals surface area contributed by atoms with Gasteiger partial charge in [-0.05, 0) is 67.3 Å². The van der Waals surface area contributed by atoms with Gasteiger partial charge in [0.15, 0.2) is 0 Å². The fourth-order valence-corrected chi connectivity index (χ4v) is 3.41. The van der Waals surface area contributed by atoms with Crippen LogP contribution in [0.4, 0.5) is 0 Å². The molecule has 0 spiro atoms. The highest BCUT2D eigenvalue weighted by molar-refractivity contribution is 9.10. The molecule has 1 aliphatic carbocycles. The molecule has 1 unspecified atom stereocenters. The van der Waals surface area contributed by atoms with Gasteiger partial charge in [-0.25, -0.2) is 0 Å². The topological polar surface area (TPSA) is 21.3 Å². The summed E-state index contributed by atoms with van der Waals surface area (Å²) in [7, 11) is 1.76. The Morgan fingerprint density at radius 1 is 1.40 bits per heavy atom. The Hall–Kier alpha value is -0.540. The zero-order valence-electron chi connectivity index (χ0n) is 12.8. The Bertz CT molecular complexity index is 445. The molecular formula is C17H26BrNO. The zero-order chi connectivity index (χ0) is 14.6. The van der Waals surface area contributed by atoms with Crippen molar-refractivity contribution in [1.29, 1.82) is 0 Å². The molecule has 1 atom stereocenters. The molecule has 1 aromatic carbocycles. The second kappa shape index (κ2) is 6.95. The minimum absolute atomic E-state index is 0.337. The summed E-state index contributed by atoms with van der Waals surface area (Å²) in [5.41, 5.74) is 1.65. The molecule has 2 nitrogen and oxygen atoms in total. The van der Waals surface area contributed by atoms with Crippen LogP contribution in [0.25, 0.3) is 0 Å². The number of halogens is 1. The van der Waals surface area contributed by atoms with Crippen molar-refractivity contribution in [2.45, 2.75) is 39.5 Å². The lowest BCUT2D eigenvalue weighted by molar-refractivity contribution is 0.253. The highest BCUT2D eigenvalue weighted by Crippen LogP contribution is 2.48. The summed E-state index contributed by atoms with van der Waals surface area (Å²) in [6.45, 7) is 6.85. The zero-order valence-corrected chi connectivity index (χ0v) is 14.4. The molecular weight excluding hydrogens is 314 g/mol.